The summed E-state index contributed by atoms with van der Waals surface area (Å²) in [6.45, 7) is 4.84. The van der Waals surface area contributed by atoms with Crippen LogP contribution in [0, 0.1) is 0 Å². The minimum absolute atomic E-state index is 0.377. The molecule has 24 heavy (non-hydrogen) atoms. The molecule has 0 N–H and O–H groups in total. The van der Waals surface area contributed by atoms with Crippen molar-refractivity contribution < 1.29 is 0 Å². The van der Waals surface area contributed by atoms with Crippen LogP contribution in [0.5, 0.6) is 0 Å². The van der Waals surface area contributed by atoms with Gasteiger partial charge < -0.3 is 4.90 Å². The van der Waals surface area contributed by atoms with E-state index in [1.807, 2.05) is 0 Å². The predicted molar refractivity (Wildman–Crippen MR) is 98.0 cm³/mol. The van der Waals surface area contributed by atoms with Crippen molar-refractivity contribution >= 4 is 5.69 Å². The molecule has 3 heterocycles. The van der Waals surface area contributed by atoms with E-state index in [2.05, 4.69) is 69.3 Å². The molecule has 3 aliphatic rings. The highest BCUT2D eigenvalue weighted by atomic mass is 15.5. The molecule has 0 bridgehead atoms. The van der Waals surface area contributed by atoms with Gasteiger partial charge in [0.25, 0.3) is 0 Å². The van der Waals surface area contributed by atoms with Crippen LogP contribution in [0.1, 0.15) is 36.4 Å². The van der Waals surface area contributed by atoms with Crippen LogP contribution in [-0.2, 0) is 0 Å². The minimum Gasteiger partial charge on any atom is -0.343 e. The van der Waals surface area contributed by atoms with Gasteiger partial charge >= 0.3 is 0 Å². The third kappa shape index (κ3) is 2.19. The Bertz CT molecular complexity index is 714. The fraction of sp³-hybridized carbons (Fsp3) is 0.429. The summed E-state index contributed by atoms with van der Waals surface area (Å²) in [4.78, 5) is 8.12. The van der Waals surface area contributed by atoms with E-state index < -0.39 is 0 Å². The molecule has 0 aliphatic carbocycles. The van der Waals surface area contributed by atoms with Crippen molar-refractivity contribution in [3.05, 3.63) is 65.7 Å². The van der Waals surface area contributed by atoms with Crippen molar-refractivity contribution in [1.82, 2.24) is 9.80 Å². The molecule has 5 rings (SSSR count). The summed E-state index contributed by atoms with van der Waals surface area (Å²) in [7, 11) is 0. The Kier molecular flexibility index (Phi) is 3.57. The van der Waals surface area contributed by atoms with Crippen molar-refractivity contribution in [2.75, 3.05) is 31.1 Å². The largest absolute Gasteiger partial charge is 0.343 e. The van der Waals surface area contributed by atoms with Gasteiger partial charge in [-0.05, 0) is 36.5 Å². The number of nitrogens with zero attached hydrogens (tertiary/aromatic N) is 3. The summed E-state index contributed by atoms with van der Waals surface area (Å²) in [6, 6.07) is 20.5. The molecule has 2 aromatic carbocycles. The zero-order valence-corrected chi connectivity index (χ0v) is 14.1. The maximum absolute atomic E-state index is 2.75. The molecule has 3 aliphatic heterocycles. The average molecular weight is 319 g/mol. The van der Waals surface area contributed by atoms with Gasteiger partial charge in [0.1, 0.15) is 6.29 Å². The van der Waals surface area contributed by atoms with Crippen molar-refractivity contribution in [3.63, 3.8) is 0 Å². The second-order valence-corrected chi connectivity index (χ2v) is 7.25. The van der Waals surface area contributed by atoms with E-state index >= 15 is 0 Å². The van der Waals surface area contributed by atoms with Crippen LogP contribution in [0.15, 0.2) is 54.6 Å². The van der Waals surface area contributed by atoms with E-state index in [1.165, 1.54) is 62.3 Å². The molecular weight excluding hydrogens is 294 g/mol. The predicted octanol–water partition coefficient (Wildman–Crippen LogP) is 3.68. The fourth-order valence-corrected chi connectivity index (χ4v) is 4.89. The lowest BCUT2D eigenvalue weighted by Crippen LogP contribution is -2.64. The maximum Gasteiger partial charge on any atom is 0.140 e. The molecule has 0 saturated carbocycles. The van der Waals surface area contributed by atoms with Crippen molar-refractivity contribution in [2.24, 2.45) is 0 Å². The molecule has 3 heteroatoms. The second kappa shape index (κ2) is 5.91. The first kappa shape index (κ1) is 14.5. The monoisotopic (exact) mass is 319 g/mol. The SMILES string of the molecule is c1ccc(C2c3ccccc3N3CCCN4CCCCN2C43)cc1. The molecule has 2 saturated heterocycles. The first-order valence-corrected chi connectivity index (χ1v) is 9.34. The number of hydrogen-bond acceptors (Lipinski definition) is 3. The molecule has 0 radical (unpaired) electrons. The topological polar surface area (TPSA) is 9.72 Å². The Morgan fingerprint density at radius 3 is 2.38 bits per heavy atom. The van der Waals surface area contributed by atoms with Crippen LogP contribution >= 0.6 is 0 Å². The van der Waals surface area contributed by atoms with Crippen molar-refractivity contribution in [3.8, 4) is 0 Å². The normalized spacial score (nSPS) is 27.2. The van der Waals surface area contributed by atoms with Gasteiger partial charge in [-0.25, -0.2) is 0 Å². The lowest BCUT2D eigenvalue weighted by atomic mass is 9.92. The van der Waals surface area contributed by atoms with Gasteiger partial charge in [0.05, 0.1) is 6.04 Å². The number of para-hydroxylation sites is 1. The molecule has 124 valence electrons. The molecular formula is C21H25N3. The number of benzene rings is 2. The highest BCUT2D eigenvalue weighted by Gasteiger charge is 2.44. The number of rotatable bonds is 1. The van der Waals surface area contributed by atoms with Gasteiger partial charge in [-0.2, -0.15) is 0 Å². The Balaban J connectivity index is 1.70. The molecule has 0 spiro atoms. The van der Waals surface area contributed by atoms with Crippen LogP contribution in [0.25, 0.3) is 0 Å². The van der Waals surface area contributed by atoms with E-state index in [0.717, 1.165) is 0 Å². The van der Waals surface area contributed by atoms with E-state index in [1.54, 1.807) is 0 Å². The summed E-state index contributed by atoms with van der Waals surface area (Å²) in [5, 5.41) is 0. The molecule has 2 fully saturated rings. The maximum atomic E-state index is 2.75. The van der Waals surface area contributed by atoms with Gasteiger partial charge in [-0.1, -0.05) is 48.5 Å². The number of anilines is 1. The highest BCUT2D eigenvalue weighted by Crippen LogP contribution is 2.44. The fourth-order valence-electron chi connectivity index (χ4n) is 4.89. The van der Waals surface area contributed by atoms with Gasteiger partial charge in [-0.15, -0.1) is 0 Å². The summed E-state index contributed by atoms with van der Waals surface area (Å²) in [6.07, 6.45) is 4.32. The van der Waals surface area contributed by atoms with Crippen molar-refractivity contribution in [1.29, 1.82) is 0 Å². The standard InChI is InChI=1S/C21H25N3/c1-2-9-17(10-3-1)20-18-11-4-5-12-19(18)23-16-8-14-22-13-6-7-15-24(20)21(22)23/h1-5,9-12,20-21H,6-8,13-16H2. The van der Waals surface area contributed by atoms with Crippen LogP contribution < -0.4 is 4.90 Å². The summed E-state index contributed by atoms with van der Waals surface area (Å²) in [5.41, 5.74) is 4.35. The zero-order valence-electron chi connectivity index (χ0n) is 14.1. The zero-order chi connectivity index (χ0) is 15.9. The summed E-state index contributed by atoms with van der Waals surface area (Å²) in [5.74, 6) is 0. The Labute approximate surface area is 144 Å². The van der Waals surface area contributed by atoms with E-state index in [-0.39, 0.29) is 0 Å². The Morgan fingerprint density at radius 1 is 0.708 bits per heavy atom. The Morgan fingerprint density at radius 2 is 1.46 bits per heavy atom. The first-order chi connectivity index (χ1) is 11.9. The molecule has 2 unspecified atom stereocenters. The number of fused-ring (bicyclic) bond motifs is 2. The van der Waals surface area contributed by atoms with Gasteiger partial charge in [0, 0.05) is 31.9 Å². The first-order valence-electron chi connectivity index (χ1n) is 9.34. The van der Waals surface area contributed by atoms with Crippen LogP contribution in [0.3, 0.4) is 0 Å². The van der Waals surface area contributed by atoms with Crippen LogP contribution in [0.2, 0.25) is 0 Å². The molecule has 3 nitrogen and oxygen atoms in total. The van der Waals surface area contributed by atoms with E-state index in [9.17, 15) is 0 Å². The quantitative estimate of drug-likeness (QED) is 0.794. The second-order valence-electron chi connectivity index (χ2n) is 7.25. The molecule has 2 atom stereocenters. The average Bonchev–Trinajstić information content (AvgIpc) is 2.87. The van der Waals surface area contributed by atoms with Crippen LogP contribution in [0.4, 0.5) is 5.69 Å². The third-order valence-corrected chi connectivity index (χ3v) is 5.85. The van der Waals surface area contributed by atoms with Gasteiger partial charge in [0.2, 0.25) is 0 Å². The third-order valence-electron chi connectivity index (χ3n) is 5.85. The number of hydrogen-bond donors (Lipinski definition) is 0. The van der Waals surface area contributed by atoms with Crippen LogP contribution in [-0.4, -0.2) is 42.3 Å². The molecule has 0 aromatic heterocycles. The van der Waals surface area contributed by atoms with Crippen molar-refractivity contribution in [2.45, 2.75) is 31.6 Å². The Hall–Kier alpha value is -1.84. The minimum atomic E-state index is 0.377. The lowest BCUT2D eigenvalue weighted by Gasteiger charge is -2.55. The summed E-state index contributed by atoms with van der Waals surface area (Å²) >= 11 is 0. The smallest absolute Gasteiger partial charge is 0.140 e. The molecule has 0 amide bonds. The highest BCUT2D eigenvalue weighted by molar-refractivity contribution is 5.60. The molecule has 2 aromatic rings. The van der Waals surface area contributed by atoms with E-state index in [0.29, 0.717) is 12.3 Å². The summed E-state index contributed by atoms with van der Waals surface area (Å²) < 4.78 is 0. The van der Waals surface area contributed by atoms with Gasteiger partial charge in [0.15, 0.2) is 0 Å². The lowest BCUT2D eigenvalue weighted by molar-refractivity contribution is 0.0107. The van der Waals surface area contributed by atoms with E-state index in [4.69, 9.17) is 0 Å². The van der Waals surface area contributed by atoms with Gasteiger partial charge in [-0.3, -0.25) is 9.80 Å².